The van der Waals surface area contributed by atoms with Crippen LogP contribution in [0.25, 0.3) is 0 Å². The second kappa shape index (κ2) is 11.8. The van der Waals surface area contributed by atoms with Gasteiger partial charge in [0.2, 0.25) is 0 Å². The highest BCUT2D eigenvalue weighted by molar-refractivity contribution is 6.02. The normalized spacial score (nSPS) is 13.6. The van der Waals surface area contributed by atoms with Crippen molar-refractivity contribution >= 4 is 35.4 Å². The van der Waals surface area contributed by atoms with Gasteiger partial charge in [0.05, 0.1) is 34.9 Å². The Balaban J connectivity index is 0.00000363. The van der Waals surface area contributed by atoms with E-state index in [9.17, 15) is 4.79 Å². The molecule has 1 N–H and O–H groups in total. The molecule has 1 aromatic carbocycles. The summed E-state index contributed by atoms with van der Waals surface area (Å²) in [6, 6.07) is 8.23. The van der Waals surface area contributed by atoms with Crippen LogP contribution in [0.2, 0.25) is 0 Å². The third kappa shape index (κ3) is 5.97. The number of carbonyl (C=O) groups is 1. The van der Waals surface area contributed by atoms with Gasteiger partial charge in [0.15, 0.2) is 0 Å². The van der Waals surface area contributed by atoms with Gasteiger partial charge in [-0.2, -0.15) is 0 Å². The van der Waals surface area contributed by atoms with Crippen LogP contribution in [0.5, 0.6) is 5.75 Å². The molecule has 1 fully saturated rings. The van der Waals surface area contributed by atoms with E-state index in [4.69, 9.17) is 4.74 Å². The van der Waals surface area contributed by atoms with Gasteiger partial charge in [0, 0.05) is 53.0 Å². The predicted octanol–water partition coefficient (Wildman–Crippen LogP) is 4.14. The fourth-order valence-electron chi connectivity index (χ4n) is 3.79. The summed E-state index contributed by atoms with van der Waals surface area (Å²) in [6.45, 7) is 10.5. The van der Waals surface area contributed by atoms with E-state index in [0.717, 1.165) is 62.0 Å². The third-order valence-corrected chi connectivity index (χ3v) is 5.30. The van der Waals surface area contributed by atoms with Crippen molar-refractivity contribution in [3.05, 3.63) is 42.2 Å². The monoisotopic (exact) mass is 461 g/mol. The number of amides is 1. The summed E-state index contributed by atoms with van der Waals surface area (Å²) in [4.78, 5) is 23.4. The molecular formula is C24H36ClN5O2. The number of pyridine rings is 1. The molecule has 1 aromatic heterocycles. The van der Waals surface area contributed by atoms with Gasteiger partial charge < -0.3 is 24.8 Å². The number of ether oxygens (including phenoxy) is 1. The van der Waals surface area contributed by atoms with Crippen LogP contribution in [0.1, 0.15) is 37.6 Å². The number of carbonyl (C=O) groups excluding carboxylic acids is 1. The lowest BCUT2D eigenvalue weighted by Crippen LogP contribution is -2.47. The first kappa shape index (κ1) is 25.6. The van der Waals surface area contributed by atoms with E-state index in [1.165, 1.54) is 0 Å². The van der Waals surface area contributed by atoms with Crippen molar-refractivity contribution < 1.29 is 9.53 Å². The van der Waals surface area contributed by atoms with Crippen LogP contribution in [-0.2, 0) is 0 Å². The molecular weight excluding hydrogens is 426 g/mol. The van der Waals surface area contributed by atoms with E-state index in [2.05, 4.69) is 53.0 Å². The zero-order valence-corrected chi connectivity index (χ0v) is 20.6. The lowest BCUT2D eigenvalue weighted by atomic mass is 10.1. The van der Waals surface area contributed by atoms with E-state index < -0.39 is 0 Å². The van der Waals surface area contributed by atoms with E-state index in [1.54, 1.807) is 25.2 Å². The summed E-state index contributed by atoms with van der Waals surface area (Å²) in [5, 5.41) is 3.48. The van der Waals surface area contributed by atoms with Crippen LogP contribution in [0, 0.1) is 0 Å². The lowest BCUT2D eigenvalue weighted by Gasteiger charge is -2.38. The predicted molar refractivity (Wildman–Crippen MR) is 135 cm³/mol. The van der Waals surface area contributed by atoms with Gasteiger partial charge in [-0.25, -0.2) is 0 Å². The number of halogens is 1. The van der Waals surface area contributed by atoms with Crippen LogP contribution < -0.4 is 19.9 Å². The second-order valence-electron chi connectivity index (χ2n) is 8.32. The SMILES string of the molecule is CCCNc1c(C(=O)N(C)C)cncc1N1CCN(c2ccccc2OC(C)C)CC1.Cl. The molecule has 1 aliphatic rings. The van der Waals surface area contributed by atoms with E-state index in [1.807, 2.05) is 18.3 Å². The molecule has 0 atom stereocenters. The van der Waals surface area contributed by atoms with Crippen molar-refractivity contribution in [1.82, 2.24) is 9.88 Å². The highest BCUT2D eigenvalue weighted by Gasteiger charge is 2.25. The molecule has 0 unspecified atom stereocenters. The molecule has 1 saturated heterocycles. The lowest BCUT2D eigenvalue weighted by molar-refractivity contribution is 0.0828. The highest BCUT2D eigenvalue weighted by Crippen LogP contribution is 2.33. The molecule has 1 amide bonds. The van der Waals surface area contributed by atoms with Crippen molar-refractivity contribution in [2.75, 3.05) is 61.9 Å². The van der Waals surface area contributed by atoms with Crippen LogP contribution >= 0.6 is 12.4 Å². The second-order valence-corrected chi connectivity index (χ2v) is 8.32. The van der Waals surface area contributed by atoms with Crippen molar-refractivity contribution in [3.8, 4) is 5.75 Å². The topological polar surface area (TPSA) is 60.9 Å². The first-order valence-corrected chi connectivity index (χ1v) is 11.1. The molecule has 0 aliphatic carbocycles. The minimum Gasteiger partial charge on any atom is -0.489 e. The Kier molecular flexibility index (Phi) is 9.44. The Morgan fingerprint density at radius 3 is 2.31 bits per heavy atom. The van der Waals surface area contributed by atoms with Crippen molar-refractivity contribution in [2.45, 2.75) is 33.3 Å². The standard InChI is InChI=1S/C24H35N5O2.ClH/c1-6-11-26-23-19(24(30)27(4)5)16-25-17-21(23)29-14-12-28(13-15-29)20-9-7-8-10-22(20)31-18(2)3;/h7-10,16-18H,6,11-15H2,1-5H3,(H,25,26);1H. The average molecular weight is 462 g/mol. The summed E-state index contributed by atoms with van der Waals surface area (Å²) in [5.41, 5.74) is 3.63. The molecule has 8 heteroatoms. The molecule has 7 nitrogen and oxygen atoms in total. The molecule has 0 saturated carbocycles. The third-order valence-electron chi connectivity index (χ3n) is 5.30. The number of benzene rings is 1. The largest absolute Gasteiger partial charge is 0.489 e. The molecule has 0 radical (unpaired) electrons. The molecule has 32 heavy (non-hydrogen) atoms. The Bertz CT molecular complexity index is 882. The van der Waals surface area contributed by atoms with Gasteiger partial charge in [0.1, 0.15) is 5.75 Å². The average Bonchev–Trinajstić information content (AvgIpc) is 2.77. The Morgan fingerprint density at radius 2 is 1.72 bits per heavy atom. The molecule has 3 rings (SSSR count). The van der Waals surface area contributed by atoms with Gasteiger partial charge in [-0.15, -0.1) is 12.4 Å². The Labute approximate surface area is 198 Å². The fourth-order valence-corrected chi connectivity index (χ4v) is 3.79. The maximum absolute atomic E-state index is 12.7. The number of nitrogens with zero attached hydrogens (tertiary/aromatic N) is 4. The Morgan fingerprint density at radius 1 is 1.09 bits per heavy atom. The van der Waals surface area contributed by atoms with Crippen LogP contribution in [0.3, 0.4) is 0 Å². The summed E-state index contributed by atoms with van der Waals surface area (Å²) in [6.07, 6.45) is 4.66. The van der Waals surface area contributed by atoms with E-state index in [-0.39, 0.29) is 24.4 Å². The highest BCUT2D eigenvalue weighted by atomic mass is 35.5. The van der Waals surface area contributed by atoms with Gasteiger partial charge in [-0.05, 0) is 32.4 Å². The maximum atomic E-state index is 12.7. The zero-order chi connectivity index (χ0) is 22.4. The number of aromatic nitrogens is 1. The summed E-state index contributed by atoms with van der Waals surface area (Å²) >= 11 is 0. The van der Waals surface area contributed by atoms with Gasteiger partial charge >= 0.3 is 0 Å². The number of hydrogen-bond acceptors (Lipinski definition) is 6. The molecule has 176 valence electrons. The quantitative estimate of drug-likeness (QED) is 0.637. The number of rotatable bonds is 8. The number of para-hydroxylation sites is 2. The minimum atomic E-state index is -0.0358. The summed E-state index contributed by atoms with van der Waals surface area (Å²) in [7, 11) is 3.54. The van der Waals surface area contributed by atoms with Crippen molar-refractivity contribution in [3.63, 3.8) is 0 Å². The van der Waals surface area contributed by atoms with Crippen molar-refractivity contribution in [1.29, 1.82) is 0 Å². The smallest absolute Gasteiger partial charge is 0.257 e. The maximum Gasteiger partial charge on any atom is 0.257 e. The summed E-state index contributed by atoms with van der Waals surface area (Å²) < 4.78 is 6.02. The molecule has 0 spiro atoms. The molecule has 1 aliphatic heterocycles. The molecule has 2 aromatic rings. The van der Waals surface area contributed by atoms with Gasteiger partial charge in [-0.3, -0.25) is 9.78 Å². The van der Waals surface area contributed by atoms with Crippen LogP contribution in [-0.4, -0.2) is 68.7 Å². The number of piperazine rings is 1. The fraction of sp³-hybridized carbons (Fsp3) is 0.500. The zero-order valence-electron chi connectivity index (χ0n) is 19.8. The number of hydrogen-bond donors (Lipinski definition) is 1. The first-order chi connectivity index (χ1) is 14.9. The first-order valence-electron chi connectivity index (χ1n) is 11.1. The number of anilines is 3. The van der Waals surface area contributed by atoms with Crippen molar-refractivity contribution in [2.24, 2.45) is 0 Å². The molecule has 0 bridgehead atoms. The van der Waals surface area contributed by atoms with Gasteiger partial charge in [0.25, 0.3) is 5.91 Å². The minimum absolute atomic E-state index is 0. The van der Waals surface area contributed by atoms with Gasteiger partial charge in [-0.1, -0.05) is 19.1 Å². The Hall–Kier alpha value is -2.67. The summed E-state index contributed by atoms with van der Waals surface area (Å²) in [5.74, 6) is 0.892. The van der Waals surface area contributed by atoms with E-state index in [0.29, 0.717) is 5.56 Å². The van der Waals surface area contributed by atoms with Crippen LogP contribution in [0.4, 0.5) is 17.1 Å². The van der Waals surface area contributed by atoms with E-state index >= 15 is 0 Å². The molecule has 2 heterocycles. The van der Waals surface area contributed by atoms with Crippen LogP contribution in [0.15, 0.2) is 36.7 Å². The number of nitrogens with one attached hydrogen (secondary N) is 1.